The first-order chi connectivity index (χ1) is 10.8. The van der Waals surface area contributed by atoms with Crippen molar-refractivity contribution in [2.24, 2.45) is 4.99 Å². The maximum Gasteiger partial charge on any atom is 0.390 e. The Morgan fingerprint density at radius 3 is 2.50 bits per heavy atom. The van der Waals surface area contributed by atoms with Crippen molar-refractivity contribution >= 4 is 29.9 Å². The maximum absolute atomic E-state index is 13.5. The number of nitrogens with one attached hydrogen (secondary N) is 2. The Hall–Kier alpha value is -1.26. The van der Waals surface area contributed by atoms with Crippen LogP contribution in [0.3, 0.4) is 0 Å². The molecule has 0 radical (unpaired) electrons. The van der Waals surface area contributed by atoms with Crippen LogP contribution in [-0.2, 0) is 0 Å². The number of nitrogens with zero attached hydrogens (tertiary/aromatic N) is 1. The Kier molecular flexibility index (Phi) is 10.7. The Labute approximate surface area is 156 Å². The van der Waals surface area contributed by atoms with Crippen molar-refractivity contribution in [2.45, 2.75) is 32.5 Å². The number of aliphatic imine (C=N–C) groups is 1. The number of rotatable bonds is 7. The van der Waals surface area contributed by atoms with Gasteiger partial charge in [0, 0.05) is 13.1 Å². The van der Waals surface area contributed by atoms with E-state index < -0.39 is 24.5 Å². The lowest BCUT2D eigenvalue weighted by atomic mass is 10.3. The molecule has 0 aromatic heterocycles. The molecule has 24 heavy (non-hydrogen) atoms. The molecule has 9 heteroatoms. The molecule has 1 rings (SSSR count). The van der Waals surface area contributed by atoms with Gasteiger partial charge in [0.15, 0.2) is 17.5 Å². The van der Waals surface area contributed by atoms with Crippen LogP contribution in [0.2, 0.25) is 0 Å². The Balaban J connectivity index is 0.00000529. The van der Waals surface area contributed by atoms with Crippen LogP contribution >= 0.6 is 24.0 Å². The molecule has 0 bridgehead atoms. The summed E-state index contributed by atoms with van der Waals surface area (Å²) in [5.41, 5.74) is 0. The van der Waals surface area contributed by atoms with Gasteiger partial charge in [-0.3, -0.25) is 0 Å². The Morgan fingerprint density at radius 1 is 1.25 bits per heavy atom. The Morgan fingerprint density at radius 2 is 1.92 bits per heavy atom. The number of hydrogen-bond donors (Lipinski definition) is 2. The minimum atomic E-state index is -4.22. The molecular formula is C15H22F4IN3O. The number of ether oxygens (including phenoxy) is 1. The van der Waals surface area contributed by atoms with E-state index in [1.807, 2.05) is 0 Å². The van der Waals surface area contributed by atoms with Crippen LogP contribution in [-0.4, -0.2) is 37.9 Å². The van der Waals surface area contributed by atoms with Gasteiger partial charge in [0.05, 0.1) is 13.0 Å². The SMILES string of the molecule is CCNC(=NCC(C)Oc1ccccc1F)NCCC(F)(F)F.I. The molecule has 0 heterocycles. The summed E-state index contributed by atoms with van der Waals surface area (Å²) in [7, 11) is 0. The van der Waals surface area contributed by atoms with E-state index in [4.69, 9.17) is 4.74 Å². The van der Waals surface area contributed by atoms with Gasteiger partial charge in [-0.2, -0.15) is 13.2 Å². The third kappa shape index (κ3) is 9.78. The average molecular weight is 463 g/mol. The zero-order valence-electron chi connectivity index (χ0n) is 13.5. The molecule has 0 saturated carbocycles. The summed E-state index contributed by atoms with van der Waals surface area (Å²) in [5.74, 6) is -0.0931. The summed E-state index contributed by atoms with van der Waals surface area (Å²) in [6, 6.07) is 5.99. The van der Waals surface area contributed by atoms with Gasteiger partial charge >= 0.3 is 6.18 Å². The van der Waals surface area contributed by atoms with E-state index >= 15 is 0 Å². The van der Waals surface area contributed by atoms with Crippen molar-refractivity contribution in [3.05, 3.63) is 30.1 Å². The number of benzene rings is 1. The fourth-order valence-corrected chi connectivity index (χ4v) is 1.68. The van der Waals surface area contributed by atoms with Crippen molar-refractivity contribution in [3.63, 3.8) is 0 Å². The van der Waals surface area contributed by atoms with Gasteiger partial charge < -0.3 is 15.4 Å². The van der Waals surface area contributed by atoms with Gasteiger partial charge in [0.25, 0.3) is 0 Å². The summed E-state index contributed by atoms with van der Waals surface area (Å²) in [4.78, 5) is 4.14. The van der Waals surface area contributed by atoms with Crippen molar-refractivity contribution in [2.75, 3.05) is 19.6 Å². The molecule has 4 nitrogen and oxygen atoms in total. The lowest BCUT2D eigenvalue weighted by molar-refractivity contribution is -0.132. The highest BCUT2D eigenvalue weighted by atomic mass is 127. The van der Waals surface area contributed by atoms with Gasteiger partial charge in [0.2, 0.25) is 0 Å². The van der Waals surface area contributed by atoms with Gasteiger partial charge in [-0.1, -0.05) is 12.1 Å². The number of para-hydroxylation sites is 1. The lowest BCUT2D eigenvalue weighted by Crippen LogP contribution is -2.39. The lowest BCUT2D eigenvalue weighted by Gasteiger charge is -2.16. The summed E-state index contributed by atoms with van der Waals surface area (Å²) in [5, 5.41) is 5.44. The predicted octanol–water partition coefficient (Wildman–Crippen LogP) is 3.72. The third-order valence-electron chi connectivity index (χ3n) is 2.72. The topological polar surface area (TPSA) is 45.7 Å². The summed E-state index contributed by atoms with van der Waals surface area (Å²) in [6.45, 7) is 3.93. The smallest absolute Gasteiger partial charge is 0.390 e. The van der Waals surface area contributed by atoms with Gasteiger partial charge in [-0.15, -0.1) is 24.0 Å². The first-order valence-corrected chi connectivity index (χ1v) is 7.32. The molecular weight excluding hydrogens is 441 g/mol. The number of alkyl halides is 3. The van der Waals surface area contributed by atoms with Crippen LogP contribution in [0, 0.1) is 5.82 Å². The molecule has 0 fully saturated rings. The summed E-state index contributed by atoms with van der Waals surface area (Å²) in [6.07, 6.45) is -5.59. The Bertz CT molecular complexity index is 512. The minimum Gasteiger partial charge on any atom is -0.486 e. The van der Waals surface area contributed by atoms with Crippen LogP contribution in [0.4, 0.5) is 17.6 Å². The van der Waals surface area contributed by atoms with Gasteiger partial charge in [-0.05, 0) is 26.0 Å². The molecule has 0 saturated heterocycles. The minimum absolute atomic E-state index is 0. The van der Waals surface area contributed by atoms with Crippen LogP contribution < -0.4 is 15.4 Å². The molecule has 1 unspecified atom stereocenters. The third-order valence-corrected chi connectivity index (χ3v) is 2.72. The molecule has 1 aromatic rings. The summed E-state index contributed by atoms with van der Waals surface area (Å²) >= 11 is 0. The number of hydrogen-bond acceptors (Lipinski definition) is 2. The largest absolute Gasteiger partial charge is 0.486 e. The van der Waals surface area contributed by atoms with Gasteiger partial charge in [0.1, 0.15) is 6.10 Å². The second kappa shape index (κ2) is 11.3. The monoisotopic (exact) mass is 463 g/mol. The molecule has 0 aliphatic heterocycles. The first-order valence-electron chi connectivity index (χ1n) is 7.32. The first kappa shape index (κ1) is 22.7. The van der Waals surface area contributed by atoms with Crippen molar-refractivity contribution in [1.29, 1.82) is 0 Å². The molecule has 0 aliphatic carbocycles. The second-order valence-corrected chi connectivity index (χ2v) is 4.87. The van der Waals surface area contributed by atoms with E-state index in [0.717, 1.165) is 0 Å². The molecule has 0 amide bonds. The highest BCUT2D eigenvalue weighted by molar-refractivity contribution is 14.0. The van der Waals surface area contributed by atoms with Crippen LogP contribution in [0.5, 0.6) is 5.75 Å². The molecule has 2 N–H and O–H groups in total. The highest BCUT2D eigenvalue weighted by Crippen LogP contribution is 2.18. The van der Waals surface area contributed by atoms with E-state index in [0.29, 0.717) is 6.54 Å². The second-order valence-electron chi connectivity index (χ2n) is 4.87. The molecule has 0 aliphatic rings. The summed E-state index contributed by atoms with van der Waals surface area (Å²) < 4.78 is 55.3. The normalized spacial score (nSPS) is 13.0. The molecule has 0 spiro atoms. The zero-order chi connectivity index (χ0) is 17.3. The fourth-order valence-electron chi connectivity index (χ4n) is 1.68. The quantitative estimate of drug-likeness (QED) is 0.281. The van der Waals surface area contributed by atoms with E-state index in [9.17, 15) is 17.6 Å². The van der Waals surface area contributed by atoms with Crippen LogP contribution in [0.25, 0.3) is 0 Å². The van der Waals surface area contributed by atoms with E-state index in [1.54, 1.807) is 26.0 Å². The number of halogens is 5. The number of guanidine groups is 1. The van der Waals surface area contributed by atoms with E-state index in [-0.39, 0.29) is 48.8 Å². The molecule has 1 aromatic carbocycles. The van der Waals surface area contributed by atoms with Gasteiger partial charge in [-0.25, -0.2) is 9.38 Å². The van der Waals surface area contributed by atoms with Crippen LogP contribution in [0.1, 0.15) is 20.3 Å². The van der Waals surface area contributed by atoms with Crippen molar-refractivity contribution in [1.82, 2.24) is 10.6 Å². The van der Waals surface area contributed by atoms with E-state index in [2.05, 4.69) is 15.6 Å². The average Bonchev–Trinajstić information content (AvgIpc) is 2.46. The fraction of sp³-hybridized carbons (Fsp3) is 0.533. The highest BCUT2D eigenvalue weighted by Gasteiger charge is 2.26. The predicted molar refractivity (Wildman–Crippen MR) is 96.6 cm³/mol. The zero-order valence-corrected chi connectivity index (χ0v) is 15.8. The van der Waals surface area contributed by atoms with Crippen LogP contribution in [0.15, 0.2) is 29.3 Å². The standard InChI is InChI=1S/C15H21F4N3O.HI/c1-3-20-14(21-9-8-15(17,18)19)22-10-11(2)23-13-7-5-4-6-12(13)16;/h4-7,11H,3,8-10H2,1-2H3,(H2,20,21,22);1H. The van der Waals surface area contributed by atoms with E-state index in [1.165, 1.54) is 12.1 Å². The maximum atomic E-state index is 13.5. The molecule has 138 valence electrons. The van der Waals surface area contributed by atoms with Crippen molar-refractivity contribution in [3.8, 4) is 5.75 Å². The molecule has 1 atom stereocenters. The van der Waals surface area contributed by atoms with Crippen molar-refractivity contribution < 1.29 is 22.3 Å².